The summed E-state index contributed by atoms with van der Waals surface area (Å²) in [5.41, 5.74) is -3.65. The number of amides is 2. The second-order valence-corrected chi connectivity index (χ2v) is 6.10. The number of carbonyl (C=O) groups is 2. The topological polar surface area (TPSA) is 98.7 Å². The molecule has 10 heteroatoms. The molecular formula is C17H14ClF3N2O4. The number of phenolic OH excluding ortho intramolecular Hbond substituents is 1. The van der Waals surface area contributed by atoms with Gasteiger partial charge in [-0.25, -0.2) is 0 Å². The molecule has 27 heavy (non-hydrogen) atoms. The Bertz CT molecular complexity index is 885. The van der Waals surface area contributed by atoms with E-state index in [-0.39, 0.29) is 27.7 Å². The van der Waals surface area contributed by atoms with Crippen LogP contribution in [0.15, 0.2) is 42.5 Å². The quantitative estimate of drug-likeness (QED) is 0.588. The molecule has 2 aromatic rings. The van der Waals surface area contributed by atoms with Gasteiger partial charge in [-0.2, -0.15) is 13.2 Å². The maximum atomic E-state index is 12.7. The average molecular weight is 403 g/mol. The Morgan fingerprint density at radius 2 is 1.67 bits per heavy atom. The number of aromatic hydroxyl groups is 1. The van der Waals surface area contributed by atoms with Crippen LogP contribution in [0.3, 0.4) is 0 Å². The molecule has 0 fully saturated rings. The smallest absolute Gasteiger partial charge is 0.426 e. The van der Waals surface area contributed by atoms with Gasteiger partial charge in [0.1, 0.15) is 5.75 Å². The summed E-state index contributed by atoms with van der Waals surface area (Å²) in [4.78, 5) is 23.9. The average Bonchev–Trinajstić information content (AvgIpc) is 2.57. The van der Waals surface area contributed by atoms with E-state index >= 15 is 0 Å². The SMILES string of the molecule is CC(O)(C(=O)Nc1ccc(C(=O)Nc2ccccc2O)cc1Cl)C(F)(F)F. The standard InChI is InChI=1S/C17H14ClF3N2O4/c1-16(27,17(19,20)21)15(26)23-11-7-6-9(8-10(11)18)14(25)22-12-4-2-3-5-13(12)24/h2-8,24,27H,1H3,(H,22,25)(H,23,26). The van der Waals surface area contributed by atoms with Gasteiger partial charge in [-0.1, -0.05) is 23.7 Å². The molecule has 6 nitrogen and oxygen atoms in total. The van der Waals surface area contributed by atoms with Gasteiger partial charge in [0.15, 0.2) is 0 Å². The molecule has 4 N–H and O–H groups in total. The molecule has 0 saturated carbocycles. The highest BCUT2D eigenvalue weighted by molar-refractivity contribution is 6.34. The van der Waals surface area contributed by atoms with Gasteiger partial charge in [0.05, 0.1) is 16.4 Å². The second-order valence-electron chi connectivity index (χ2n) is 5.69. The molecule has 144 valence electrons. The van der Waals surface area contributed by atoms with E-state index in [9.17, 15) is 33.0 Å². The first-order chi connectivity index (χ1) is 12.4. The van der Waals surface area contributed by atoms with Crippen molar-refractivity contribution >= 4 is 34.8 Å². The van der Waals surface area contributed by atoms with Gasteiger partial charge in [0, 0.05) is 5.56 Å². The summed E-state index contributed by atoms with van der Waals surface area (Å²) < 4.78 is 38.0. The zero-order valence-corrected chi connectivity index (χ0v) is 14.5. The number of para-hydroxylation sites is 2. The van der Waals surface area contributed by atoms with Crippen LogP contribution >= 0.6 is 11.6 Å². The van der Waals surface area contributed by atoms with Gasteiger partial charge >= 0.3 is 6.18 Å². The van der Waals surface area contributed by atoms with Crippen LogP contribution in [-0.2, 0) is 4.79 Å². The van der Waals surface area contributed by atoms with E-state index in [0.29, 0.717) is 6.92 Å². The highest BCUT2D eigenvalue weighted by Crippen LogP contribution is 2.32. The summed E-state index contributed by atoms with van der Waals surface area (Å²) in [6, 6.07) is 9.43. The van der Waals surface area contributed by atoms with Crippen LogP contribution in [0.25, 0.3) is 0 Å². The number of hydrogen-bond acceptors (Lipinski definition) is 4. The van der Waals surface area contributed by atoms with Gasteiger partial charge in [-0.05, 0) is 37.3 Å². The number of alkyl halides is 3. The summed E-state index contributed by atoms with van der Waals surface area (Å²) in [7, 11) is 0. The summed E-state index contributed by atoms with van der Waals surface area (Å²) in [5.74, 6) is -2.52. The van der Waals surface area contributed by atoms with Crippen LogP contribution in [-0.4, -0.2) is 33.8 Å². The van der Waals surface area contributed by atoms with Gasteiger partial charge < -0.3 is 20.8 Å². The van der Waals surface area contributed by atoms with Crippen molar-refractivity contribution in [1.29, 1.82) is 0 Å². The normalized spacial score (nSPS) is 13.6. The predicted octanol–water partition coefficient (Wildman–Crippen LogP) is 3.55. The summed E-state index contributed by atoms with van der Waals surface area (Å²) in [5, 5.41) is 23.1. The first-order valence-electron chi connectivity index (χ1n) is 7.43. The van der Waals surface area contributed by atoms with Crippen molar-refractivity contribution in [2.24, 2.45) is 0 Å². The Morgan fingerprint density at radius 3 is 2.22 bits per heavy atom. The van der Waals surface area contributed by atoms with E-state index in [0.717, 1.165) is 12.1 Å². The number of hydrogen-bond donors (Lipinski definition) is 4. The molecule has 0 aliphatic heterocycles. The highest BCUT2D eigenvalue weighted by Gasteiger charge is 2.55. The fourth-order valence-corrected chi connectivity index (χ4v) is 2.13. The third-order valence-electron chi connectivity index (χ3n) is 3.63. The summed E-state index contributed by atoms with van der Waals surface area (Å²) >= 11 is 5.91. The Kier molecular flexibility index (Phi) is 5.67. The highest BCUT2D eigenvalue weighted by atomic mass is 35.5. The van der Waals surface area contributed by atoms with Crippen LogP contribution in [0, 0.1) is 0 Å². The fourth-order valence-electron chi connectivity index (χ4n) is 1.90. The number of halogens is 4. The number of aliphatic hydroxyl groups is 1. The van der Waals surface area contributed by atoms with E-state index in [1.54, 1.807) is 12.1 Å². The minimum absolute atomic E-state index is 0.0313. The molecule has 2 amide bonds. The van der Waals surface area contributed by atoms with Crippen LogP contribution < -0.4 is 10.6 Å². The van der Waals surface area contributed by atoms with E-state index < -0.39 is 23.6 Å². The monoisotopic (exact) mass is 402 g/mol. The molecule has 2 aromatic carbocycles. The van der Waals surface area contributed by atoms with E-state index in [1.165, 1.54) is 18.2 Å². The molecule has 0 bridgehead atoms. The molecular weight excluding hydrogens is 389 g/mol. The van der Waals surface area contributed by atoms with Gasteiger partial charge in [-0.3, -0.25) is 9.59 Å². The molecule has 0 heterocycles. The van der Waals surface area contributed by atoms with Crippen LogP contribution in [0.4, 0.5) is 24.5 Å². The lowest BCUT2D eigenvalue weighted by Crippen LogP contribution is -2.52. The summed E-state index contributed by atoms with van der Waals surface area (Å²) in [6.45, 7) is 0.310. The van der Waals surface area contributed by atoms with Crippen molar-refractivity contribution in [3.8, 4) is 5.75 Å². The summed E-state index contributed by atoms with van der Waals surface area (Å²) in [6.07, 6.45) is -5.18. The third-order valence-corrected chi connectivity index (χ3v) is 3.94. The predicted molar refractivity (Wildman–Crippen MR) is 92.8 cm³/mol. The lowest BCUT2D eigenvalue weighted by atomic mass is 10.1. The van der Waals surface area contributed by atoms with Crippen molar-refractivity contribution < 1.29 is 33.0 Å². The van der Waals surface area contributed by atoms with Gasteiger partial charge in [-0.15, -0.1) is 0 Å². The molecule has 0 radical (unpaired) electrons. The molecule has 0 spiro atoms. The Morgan fingerprint density at radius 1 is 1.04 bits per heavy atom. The van der Waals surface area contributed by atoms with Gasteiger partial charge in [0.25, 0.3) is 11.8 Å². The Balaban J connectivity index is 2.17. The number of carbonyl (C=O) groups excluding carboxylic acids is 2. The lowest BCUT2D eigenvalue weighted by molar-refractivity contribution is -0.242. The Labute approximate surface area is 156 Å². The number of phenols is 1. The second kappa shape index (κ2) is 7.45. The first kappa shape index (κ1) is 20.5. The third kappa shape index (κ3) is 4.50. The van der Waals surface area contributed by atoms with Crippen molar-refractivity contribution in [3.63, 3.8) is 0 Å². The number of nitrogens with one attached hydrogen (secondary N) is 2. The minimum Gasteiger partial charge on any atom is -0.506 e. The fraction of sp³-hybridized carbons (Fsp3) is 0.176. The molecule has 1 atom stereocenters. The number of benzene rings is 2. The number of anilines is 2. The van der Waals surface area contributed by atoms with Crippen molar-refractivity contribution in [2.45, 2.75) is 18.7 Å². The zero-order chi connectivity index (χ0) is 20.4. The molecule has 1 unspecified atom stereocenters. The molecule has 2 rings (SSSR count). The number of rotatable bonds is 4. The minimum atomic E-state index is -5.18. The lowest BCUT2D eigenvalue weighted by Gasteiger charge is -2.25. The van der Waals surface area contributed by atoms with E-state index in [1.807, 2.05) is 5.32 Å². The van der Waals surface area contributed by atoms with E-state index in [4.69, 9.17) is 11.6 Å². The van der Waals surface area contributed by atoms with Crippen molar-refractivity contribution in [3.05, 3.63) is 53.1 Å². The maximum absolute atomic E-state index is 12.7. The largest absolute Gasteiger partial charge is 0.506 e. The van der Waals surface area contributed by atoms with Gasteiger partial charge in [0.2, 0.25) is 5.60 Å². The molecule has 0 aliphatic rings. The van der Waals surface area contributed by atoms with Crippen molar-refractivity contribution in [1.82, 2.24) is 0 Å². The molecule has 0 aromatic heterocycles. The van der Waals surface area contributed by atoms with Crippen LogP contribution in [0.5, 0.6) is 5.75 Å². The maximum Gasteiger partial charge on any atom is 0.426 e. The van der Waals surface area contributed by atoms with Crippen LogP contribution in [0.1, 0.15) is 17.3 Å². The molecule has 0 aliphatic carbocycles. The zero-order valence-electron chi connectivity index (χ0n) is 13.8. The van der Waals surface area contributed by atoms with Crippen molar-refractivity contribution in [2.75, 3.05) is 10.6 Å². The first-order valence-corrected chi connectivity index (χ1v) is 7.80. The Hall–Kier alpha value is -2.78. The molecule has 0 saturated heterocycles. The van der Waals surface area contributed by atoms with E-state index in [2.05, 4.69) is 5.32 Å². The van der Waals surface area contributed by atoms with Crippen LogP contribution in [0.2, 0.25) is 5.02 Å².